The predicted molar refractivity (Wildman–Crippen MR) is 31.6 cm³/mol. The average molecular weight is 134 g/mol. The van der Waals surface area contributed by atoms with Crippen LogP contribution in [0.5, 0.6) is 0 Å². The predicted octanol–water partition coefficient (Wildman–Crippen LogP) is -0.889. The fourth-order valence-corrected chi connectivity index (χ4v) is 0.256. The topological polar surface area (TPSA) is 72.2 Å². The third-order valence-electron chi connectivity index (χ3n) is 0.406. The number of nitrogens with one attached hydrogen (secondary N) is 1. The van der Waals surface area contributed by atoms with Crippen molar-refractivity contribution in [2.45, 2.75) is 0 Å². The molecule has 0 bridgehead atoms. The summed E-state index contributed by atoms with van der Waals surface area (Å²) in [5.74, 6) is -0.510. The molecule has 0 aliphatic rings. The Morgan fingerprint density at radius 3 is 2.25 bits per heavy atom. The van der Waals surface area contributed by atoms with Gasteiger partial charge in [-0.05, 0) is 0 Å². The van der Waals surface area contributed by atoms with Gasteiger partial charge in [-0.25, -0.2) is 4.79 Å². The number of carbonyl (C=O) groups excluding carboxylic acids is 2. The van der Waals surface area contributed by atoms with E-state index in [0.717, 1.165) is 0 Å². The molecule has 3 N–H and O–H groups in total. The van der Waals surface area contributed by atoms with Gasteiger partial charge in [-0.2, -0.15) is 12.6 Å². The molecule has 0 heterocycles. The fourth-order valence-electron chi connectivity index (χ4n) is 0.177. The van der Waals surface area contributed by atoms with Gasteiger partial charge in [0.1, 0.15) is 0 Å². The van der Waals surface area contributed by atoms with Gasteiger partial charge in [0.15, 0.2) is 0 Å². The number of imide groups is 1. The molecule has 0 rings (SSSR count). The number of thiol groups is 1. The number of amides is 3. The van der Waals surface area contributed by atoms with Crippen molar-refractivity contribution in [2.24, 2.45) is 5.73 Å². The van der Waals surface area contributed by atoms with Crippen molar-refractivity contribution < 1.29 is 9.59 Å². The molecule has 46 valence electrons. The molecule has 0 aromatic heterocycles. The molecule has 0 spiro atoms. The number of urea groups is 1. The molecule has 0 atom stereocenters. The third-order valence-corrected chi connectivity index (χ3v) is 0.693. The highest BCUT2D eigenvalue weighted by atomic mass is 32.1. The van der Waals surface area contributed by atoms with Crippen molar-refractivity contribution in [1.29, 1.82) is 0 Å². The zero-order chi connectivity index (χ0) is 6.57. The quantitative estimate of drug-likeness (QED) is 0.407. The molecule has 5 heteroatoms. The molecule has 0 saturated carbocycles. The van der Waals surface area contributed by atoms with Crippen LogP contribution in [0.2, 0.25) is 0 Å². The highest BCUT2D eigenvalue weighted by Gasteiger charge is 1.97. The van der Waals surface area contributed by atoms with E-state index in [0.29, 0.717) is 0 Å². The van der Waals surface area contributed by atoms with E-state index in [9.17, 15) is 9.59 Å². The van der Waals surface area contributed by atoms with E-state index in [4.69, 9.17) is 0 Å². The standard InChI is InChI=1S/C3H6N2O2S/c4-3(7)5-2(6)1-8/h8H,1H2,(H3,4,5,6,7). The second-order valence-electron chi connectivity index (χ2n) is 1.07. The Morgan fingerprint density at radius 2 is 2.12 bits per heavy atom. The lowest BCUT2D eigenvalue weighted by Gasteiger charge is -1.92. The lowest BCUT2D eigenvalue weighted by atomic mass is 10.7. The molecular weight excluding hydrogens is 128 g/mol. The highest BCUT2D eigenvalue weighted by Crippen LogP contribution is 1.70. The summed E-state index contributed by atoms with van der Waals surface area (Å²) in [5, 5.41) is 1.82. The Morgan fingerprint density at radius 1 is 1.62 bits per heavy atom. The molecule has 0 radical (unpaired) electrons. The van der Waals surface area contributed by atoms with Crippen LogP contribution < -0.4 is 11.1 Å². The zero-order valence-corrected chi connectivity index (χ0v) is 4.94. The van der Waals surface area contributed by atoms with E-state index in [1.54, 1.807) is 0 Å². The molecule has 0 unspecified atom stereocenters. The number of nitrogens with two attached hydrogens (primary N) is 1. The largest absolute Gasteiger partial charge is 0.351 e. The minimum Gasteiger partial charge on any atom is -0.351 e. The third kappa shape index (κ3) is 3.48. The summed E-state index contributed by atoms with van der Waals surface area (Å²) in [5.41, 5.74) is 4.56. The molecule has 0 aliphatic carbocycles. The Balaban J connectivity index is 3.40. The van der Waals surface area contributed by atoms with Crippen LogP contribution in [-0.2, 0) is 4.79 Å². The number of carbonyl (C=O) groups is 2. The summed E-state index contributed by atoms with van der Waals surface area (Å²) in [6.45, 7) is 0. The maximum atomic E-state index is 10.1. The second kappa shape index (κ2) is 3.31. The number of primary amides is 1. The van der Waals surface area contributed by atoms with Crippen LogP contribution in [0.1, 0.15) is 0 Å². The Kier molecular flexibility index (Phi) is 3.02. The van der Waals surface area contributed by atoms with Gasteiger partial charge in [0.05, 0.1) is 5.75 Å². The monoisotopic (exact) mass is 134 g/mol. The smallest absolute Gasteiger partial charge is 0.318 e. The van der Waals surface area contributed by atoms with Crippen LogP contribution in [0.4, 0.5) is 4.79 Å². The molecule has 3 amide bonds. The summed E-state index contributed by atoms with van der Waals surface area (Å²) < 4.78 is 0. The van der Waals surface area contributed by atoms with Crippen LogP contribution in [0.25, 0.3) is 0 Å². The van der Waals surface area contributed by atoms with Gasteiger partial charge in [-0.15, -0.1) is 0 Å². The van der Waals surface area contributed by atoms with Crippen molar-refractivity contribution >= 4 is 24.6 Å². The number of hydrogen-bond acceptors (Lipinski definition) is 3. The zero-order valence-electron chi connectivity index (χ0n) is 4.05. The summed E-state index contributed by atoms with van der Waals surface area (Å²) in [7, 11) is 0. The molecular formula is C3H6N2O2S. The first-order valence-corrected chi connectivity index (χ1v) is 2.50. The van der Waals surface area contributed by atoms with Crippen LogP contribution in [0.15, 0.2) is 0 Å². The van der Waals surface area contributed by atoms with Gasteiger partial charge in [-0.1, -0.05) is 0 Å². The second-order valence-corrected chi connectivity index (χ2v) is 1.39. The number of rotatable bonds is 1. The van der Waals surface area contributed by atoms with E-state index >= 15 is 0 Å². The minimum atomic E-state index is -0.843. The summed E-state index contributed by atoms with van der Waals surface area (Å²) in [4.78, 5) is 20.0. The van der Waals surface area contributed by atoms with Gasteiger partial charge in [0.2, 0.25) is 5.91 Å². The Bertz CT molecular complexity index is 114. The van der Waals surface area contributed by atoms with Crippen molar-refractivity contribution in [3.63, 3.8) is 0 Å². The van der Waals surface area contributed by atoms with Crippen molar-refractivity contribution in [3.8, 4) is 0 Å². The Hall–Kier alpha value is -0.710. The van der Waals surface area contributed by atoms with E-state index in [1.807, 2.05) is 5.32 Å². The van der Waals surface area contributed by atoms with Gasteiger partial charge < -0.3 is 5.73 Å². The molecule has 8 heavy (non-hydrogen) atoms. The Labute approximate surface area is 51.8 Å². The van der Waals surface area contributed by atoms with Crippen molar-refractivity contribution in [1.82, 2.24) is 5.32 Å². The molecule has 0 fully saturated rings. The normalized spacial score (nSPS) is 8.12. The van der Waals surface area contributed by atoms with E-state index in [-0.39, 0.29) is 5.75 Å². The molecule has 0 aromatic carbocycles. The van der Waals surface area contributed by atoms with Crippen LogP contribution in [-0.4, -0.2) is 17.7 Å². The van der Waals surface area contributed by atoms with Crippen LogP contribution in [0, 0.1) is 0 Å². The van der Waals surface area contributed by atoms with Crippen LogP contribution >= 0.6 is 12.6 Å². The maximum absolute atomic E-state index is 10.1. The lowest BCUT2D eigenvalue weighted by Crippen LogP contribution is -2.35. The average Bonchev–Trinajstić information content (AvgIpc) is 1.65. The lowest BCUT2D eigenvalue weighted by molar-refractivity contribution is -0.117. The number of hydrogen-bond donors (Lipinski definition) is 3. The molecule has 0 aromatic rings. The van der Waals surface area contributed by atoms with Crippen LogP contribution in [0.3, 0.4) is 0 Å². The van der Waals surface area contributed by atoms with Gasteiger partial charge in [0, 0.05) is 0 Å². The summed E-state index contributed by atoms with van der Waals surface area (Å²) in [6.07, 6.45) is 0. The summed E-state index contributed by atoms with van der Waals surface area (Å²) >= 11 is 3.57. The minimum absolute atomic E-state index is 0.0249. The first-order chi connectivity index (χ1) is 3.66. The molecule has 0 aliphatic heterocycles. The van der Waals surface area contributed by atoms with E-state index in [1.165, 1.54) is 0 Å². The highest BCUT2D eigenvalue weighted by molar-refractivity contribution is 7.81. The van der Waals surface area contributed by atoms with Crippen molar-refractivity contribution in [3.05, 3.63) is 0 Å². The van der Waals surface area contributed by atoms with E-state index in [2.05, 4.69) is 18.4 Å². The molecule has 4 nitrogen and oxygen atoms in total. The van der Waals surface area contributed by atoms with Gasteiger partial charge in [0.25, 0.3) is 0 Å². The SMILES string of the molecule is NC(=O)NC(=O)CS. The van der Waals surface area contributed by atoms with Gasteiger partial charge >= 0.3 is 6.03 Å². The first kappa shape index (κ1) is 7.29. The maximum Gasteiger partial charge on any atom is 0.318 e. The molecule has 0 saturated heterocycles. The van der Waals surface area contributed by atoms with Gasteiger partial charge in [-0.3, -0.25) is 10.1 Å². The van der Waals surface area contributed by atoms with Crippen molar-refractivity contribution in [2.75, 3.05) is 5.75 Å². The summed E-state index contributed by atoms with van der Waals surface area (Å²) in [6, 6.07) is -0.843. The van der Waals surface area contributed by atoms with E-state index < -0.39 is 11.9 Å². The first-order valence-electron chi connectivity index (χ1n) is 1.87. The fraction of sp³-hybridized carbons (Fsp3) is 0.333.